The summed E-state index contributed by atoms with van der Waals surface area (Å²) in [5.74, 6) is 0.722. The molecule has 0 saturated heterocycles. The zero-order valence-electron chi connectivity index (χ0n) is 19.3. The Morgan fingerprint density at radius 1 is 1.03 bits per heavy atom. The molecule has 2 aromatic carbocycles. The highest BCUT2D eigenvalue weighted by atomic mass is 16.3. The van der Waals surface area contributed by atoms with E-state index in [9.17, 15) is 9.59 Å². The summed E-state index contributed by atoms with van der Waals surface area (Å²) >= 11 is 0. The number of ketones is 1. The number of likely N-dealkylation sites (N-methyl/N-ethyl adjacent to an activating group) is 1. The number of fused-ring (bicyclic) bond motifs is 1. The van der Waals surface area contributed by atoms with Crippen molar-refractivity contribution >= 4 is 34.2 Å². The third-order valence-electron chi connectivity index (χ3n) is 5.64. The Kier molecular flexibility index (Phi) is 7.27. The second-order valence-corrected chi connectivity index (χ2v) is 8.11. The number of nitrogens with zero attached hydrogens (tertiary/aromatic N) is 4. The minimum atomic E-state index is -0.542. The first-order valence-electron chi connectivity index (χ1n) is 11.1. The van der Waals surface area contributed by atoms with Gasteiger partial charge in [0.05, 0.1) is 17.7 Å². The van der Waals surface area contributed by atoms with Gasteiger partial charge >= 0.3 is 0 Å². The van der Waals surface area contributed by atoms with E-state index in [2.05, 4.69) is 20.3 Å². The summed E-state index contributed by atoms with van der Waals surface area (Å²) in [6.45, 7) is 0.979. The smallest absolute Gasteiger partial charge is 0.250 e. The molecule has 0 atom stereocenters. The van der Waals surface area contributed by atoms with Crippen LogP contribution in [0.5, 0.6) is 0 Å². The lowest BCUT2D eigenvalue weighted by molar-refractivity contribution is 0.0987. The maximum absolute atomic E-state index is 12.8. The molecule has 0 fully saturated rings. The van der Waals surface area contributed by atoms with Crippen molar-refractivity contribution < 1.29 is 14.7 Å². The summed E-state index contributed by atoms with van der Waals surface area (Å²) < 4.78 is 0. The van der Waals surface area contributed by atoms with Gasteiger partial charge in [0.15, 0.2) is 5.78 Å². The topological polar surface area (TPSA) is 134 Å². The van der Waals surface area contributed by atoms with Crippen molar-refractivity contribution in [3.8, 4) is 0 Å². The molecule has 178 valence electrons. The Hall–Kier alpha value is -4.37. The van der Waals surface area contributed by atoms with Gasteiger partial charge in [0.1, 0.15) is 18.0 Å². The predicted octanol–water partition coefficient (Wildman–Crippen LogP) is 2.59. The van der Waals surface area contributed by atoms with Crippen LogP contribution in [0, 0.1) is 0 Å². The fraction of sp³-hybridized carbons (Fsp3) is 0.192. The molecule has 4 N–H and O–H groups in total. The molecule has 9 heteroatoms. The fourth-order valence-electron chi connectivity index (χ4n) is 3.79. The SMILES string of the molecule is CN(CCO)c1ccc(C(=O)Cc2cccc(CNc3ncnc4c(C(N)=O)cccc34)c2)cn1. The molecular weight excluding hydrogens is 444 g/mol. The van der Waals surface area contributed by atoms with Gasteiger partial charge in [-0.05, 0) is 35.4 Å². The number of benzene rings is 2. The molecule has 4 aromatic rings. The highest BCUT2D eigenvalue weighted by Gasteiger charge is 2.12. The average Bonchev–Trinajstić information content (AvgIpc) is 2.87. The lowest BCUT2D eigenvalue weighted by Gasteiger charge is -2.16. The number of primary amides is 1. The van der Waals surface area contributed by atoms with Crippen LogP contribution >= 0.6 is 0 Å². The van der Waals surface area contributed by atoms with E-state index in [0.717, 1.165) is 11.1 Å². The van der Waals surface area contributed by atoms with Crippen LogP contribution in [0.15, 0.2) is 67.1 Å². The highest BCUT2D eigenvalue weighted by molar-refractivity contribution is 6.06. The van der Waals surface area contributed by atoms with Gasteiger partial charge in [0.2, 0.25) is 0 Å². The second-order valence-electron chi connectivity index (χ2n) is 8.11. The number of rotatable bonds is 10. The normalized spacial score (nSPS) is 10.8. The zero-order chi connectivity index (χ0) is 24.8. The van der Waals surface area contributed by atoms with Crippen molar-refractivity contribution in [2.75, 3.05) is 30.4 Å². The molecule has 2 aromatic heterocycles. The van der Waals surface area contributed by atoms with Crippen molar-refractivity contribution in [3.05, 3.63) is 89.4 Å². The van der Waals surface area contributed by atoms with Gasteiger partial charge in [-0.2, -0.15) is 0 Å². The van der Waals surface area contributed by atoms with Crippen LogP contribution in [0.1, 0.15) is 31.8 Å². The van der Waals surface area contributed by atoms with Crippen LogP contribution in [0.25, 0.3) is 10.9 Å². The first-order chi connectivity index (χ1) is 17.0. The Morgan fingerprint density at radius 3 is 2.57 bits per heavy atom. The summed E-state index contributed by atoms with van der Waals surface area (Å²) in [5, 5.41) is 13.0. The van der Waals surface area contributed by atoms with E-state index in [1.165, 1.54) is 6.33 Å². The van der Waals surface area contributed by atoms with Gasteiger partial charge in [0, 0.05) is 43.7 Å². The summed E-state index contributed by atoms with van der Waals surface area (Å²) in [5.41, 5.74) is 8.71. The fourth-order valence-corrected chi connectivity index (χ4v) is 3.79. The maximum atomic E-state index is 12.8. The first-order valence-corrected chi connectivity index (χ1v) is 11.1. The van der Waals surface area contributed by atoms with Crippen LogP contribution in [0.4, 0.5) is 11.6 Å². The molecule has 0 aliphatic heterocycles. The van der Waals surface area contributed by atoms with Gasteiger partial charge in [-0.25, -0.2) is 15.0 Å². The Morgan fingerprint density at radius 2 is 1.83 bits per heavy atom. The number of Topliss-reactive ketones (excluding diaryl/α,β-unsaturated/α-hetero) is 1. The van der Waals surface area contributed by atoms with Crippen molar-refractivity contribution in [1.82, 2.24) is 15.0 Å². The lowest BCUT2D eigenvalue weighted by Crippen LogP contribution is -2.22. The summed E-state index contributed by atoms with van der Waals surface area (Å²) in [4.78, 5) is 39.2. The molecule has 0 radical (unpaired) electrons. The third kappa shape index (κ3) is 5.59. The molecule has 35 heavy (non-hydrogen) atoms. The summed E-state index contributed by atoms with van der Waals surface area (Å²) in [7, 11) is 1.83. The molecule has 1 amide bonds. The van der Waals surface area contributed by atoms with E-state index in [0.29, 0.717) is 46.8 Å². The highest BCUT2D eigenvalue weighted by Crippen LogP contribution is 2.23. The summed E-state index contributed by atoms with van der Waals surface area (Å²) in [6, 6.07) is 16.5. The number of para-hydroxylation sites is 1. The number of hydrogen-bond donors (Lipinski definition) is 3. The largest absolute Gasteiger partial charge is 0.395 e. The number of aromatic nitrogens is 3. The third-order valence-corrected chi connectivity index (χ3v) is 5.64. The van der Waals surface area contributed by atoms with Crippen molar-refractivity contribution in [1.29, 1.82) is 0 Å². The molecule has 2 heterocycles. The van der Waals surface area contributed by atoms with E-state index >= 15 is 0 Å². The Labute approximate surface area is 202 Å². The molecule has 4 rings (SSSR count). The van der Waals surface area contributed by atoms with E-state index in [4.69, 9.17) is 10.8 Å². The molecule has 0 aliphatic carbocycles. The van der Waals surface area contributed by atoms with Crippen molar-refractivity contribution in [2.24, 2.45) is 5.73 Å². The number of hydrogen-bond acceptors (Lipinski definition) is 8. The molecule has 0 bridgehead atoms. The van der Waals surface area contributed by atoms with Gasteiger partial charge in [-0.3, -0.25) is 9.59 Å². The van der Waals surface area contributed by atoms with Gasteiger partial charge in [0.25, 0.3) is 5.91 Å². The number of aliphatic hydroxyl groups is 1. The van der Waals surface area contributed by atoms with E-state index in [1.54, 1.807) is 30.5 Å². The molecule has 0 saturated carbocycles. The van der Waals surface area contributed by atoms with Crippen molar-refractivity contribution in [2.45, 2.75) is 13.0 Å². The first kappa shape index (κ1) is 23.8. The van der Waals surface area contributed by atoms with Gasteiger partial charge < -0.3 is 21.1 Å². The molecule has 0 spiro atoms. The average molecular weight is 471 g/mol. The lowest BCUT2D eigenvalue weighted by atomic mass is 10.0. The number of amides is 1. The van der Waals surface area contributed by atoms with Crippen LogP contribution in [-0.4, -0.2) is 51.9 Å². The number of nitrogens with two attached hydrogens (primary N) is 1. The minimum absolute atomic E-state index is 0.0280. The minimum Gasteiger partial charge on any atom is -0.395 e. The maximum Gasteiger partial charge on any atom is 0.250 e. The number of carbonyl (C=O) groups is 2. The van der Waals surface area contributed by atoms with Gasteiger partial charge in [-0.15, -0.1) is 0 Å². The number of anilines is 2. The Bertz CT molecular complexity index is 1360. The standard InChI is InChI=1S/C26H26N6O3/c1-32(10-11-33)23-9-8-19(15-28-23)22(34)13-17-4-2-5-18(12-17)14-29-26-21-7-3-6-20(25(27)35)24(21)30-16-31-26/h2-9,12,15-16,33H,10-11,13-14H2,1H3,(H2,27,35)(H,29,30,31). The van der Waals surface area contributed by atoms with Crippen LogP contribution < -0.4 is 16.0 Å². The predicted molar refractivity (Wildman–Crippen MR) is 134 cm³/mol. The molecular formula is C26H26N6O3. The van der Waals surface area contributed by atoms with Crippen molar-refractivity contribution in [3.63, 3.8) is 0 Å². The van der Waals surface area contributed by atoms with E-state index in [1.807, 2.05) is 42.3 Å². The molecule has 0 aliphatic rings. The van der Waals surface area contributed by atoms with E-state index in [-0.39, 0.29) is 18.8 Å². The van der Waals surface area contributed by atoms with E-state index < -0.39 is 5.91 Å². The molecule has 0 unspecified atom stereocenters. The number of carbonyl (C=O) groups excluding carboxylic acids is 2. The quantitative estimate of drug-likeness (QED) is 0.301. The monoisotopic (exact) mass is 470 g/mol. The van der Waals surface area contributed by atoms with Crippen LogP contribution in [0.2, 0.25) is 0 Å². The summed E-state index contributed by atoms with van der Waals surface area (Å²) in [6.07, 6.45) is 3.21. The number of pyridine rings is 1. The van der Waals surface area contributed by atoms with Crippen LogP contribution in [-0.2, 0) is 13.0 Å². The second kappa shape index (κ2) is 10.7. The Balaban J connectivity index is 1.44. The number of aliphatic hydroxyl groups excluding tert-OH is 1. The number of nitrogens with one attached hydrogen (secondary N) is 1. The van der Waals surface area contributed by atoms with Crippen LogP contribution in [0.3, 0.4) is 0 Å². The zero-order valence-corrected chi connectivity index (χ0v) is 19.3. The van der Waals surface area contributed by atoms with Gasteiger partial charge in [-0.1, -0.05) is 30.3 Å². The molecule has 9 nitrogen and oxygen atoms in total.